The second-order valence-electron chi connectivity index (χ2n) is 9.34. The first kappa shape index (κ1) is 27.1. The highest BCUT2D eigenvalue weighted by molar-refractivity contribution is 5.59. The number of hydrogen-bond donors (Lipinski definition) is 0. The molecule has 184 valence electrons. The predicted octanol–water partition coefficient (Wildman–Crippen LogP) is 8.65. The number of nitrogens with zero attached hydrogens (tertiary/aromatic N) is 2. The van der Waals surface area contributed by atoms with E-state index in [2.05, 4.69) is 31.0 Å². The highest BCUT2D eigenvalue weighted by atomic mass is 16.5. The molecule has 0 spiro atoms. The highest BCUT2D eigenvalue weighted by Gasteiger charge is 2.05. The monoisotopic (exact) mass is 454 g/mol. The maximum Gasteiger partial charge on any atom is 0.233 e. The maximum absolute atomic E-state index is 5.92. The fraction of sp³-hybridized carbons (Fsp3) is 0.655. The molecule has 1 unspecified atom stereocenters. The van der Waals surface area contributed by atoms with Crippen molar-refractivity contribution in [1.82, 2.24) is 10.2 Å². The van der Waals surface area contributed by atoms with Crippen LogP contribution in [0.1, 0.15) is 104 Å². The lowest BCUT2D eigenvalue weighted by Gasteiger charge is -2.10. The smallest absolute Gasteiger partial charge is 0.233 e. The summed E-state index contributed by atoms with van der Waals surface area (Å²) in [5.74, 6) is 2.03. The summed E-state index contributed by atoms with van der Waals surface area (Å²) in [4.78, 5) is 0. The van der Waals surface area contributed by atoms with Gasteiger partial charge in [0.25, 0.3) is 0 Å². The molecule has 33 heavy (non-hydrogen) atoms. The molecule has 0 fully saturated rings. The van der Waals surface area contributed by atoms with E-state index in [0.717, 1.165) is 36.5 Å². The van der Waals surface area contributed by atoms with Crippen LogP contribution in [-0.2, 0) is 0 Å². The molecule has 0 radical (unpaired) electrons. The average Bonchev–Trinajstić information content (AvgIpc) is 2.86. The van der Waals surface area contributed by atoms with E-state index in [1.165, 1.54) is 70.6 Å². The molecule has 0 aliphatic carbocycles. The van der Waals surface area contributed by atoms with Gasteiger partial charge in [0.2, 0.25) is 5.88 Å². The maximum atomic E-state index is 5.92. The van der Waals surface area contributed by atoms with Crippen LogP contribution in [0.25, 0.3) is 11.3 Å². The Hall–Kier alpha value is -2.10. The molecule has 2 rings (SSSR count). The third-order valence-electron chi connectivity index (χ3n) is 6.27. The minimum atomic E-state index is 0.522. The Balaban J connectivity index is 1.54. The van der Waals surface area contributed by atoms with Gasteiger partial charge in [-0.2, -0.15) is 0 Å². The van der Waals surface area contributed by atoms with Gasteiger partial charge in [-0.1, -0.05) is 97.8 Å². The van der Waals surface area contributed by atoms with Crippen molar-refractivity contribution in [2.75, 3.05) is 13.2 Å². The predicted molar refractivity (Wildman–Crippen MR) is 139 cm³/mol. The second-order valence-corrected chi connectivity index (χ2v) is 9.34. The molecule has 1 atom stereocenters. The molecule has 2 aromatic rings. The van der Waals surface area contributed by atoms with Crippen molar-refractivity contribution in [3.05, 3.63) is 36.4 Å². The number of benzene rings is 1. The highest BCUT2D eigenvalue weighted by Crippen LogP contribution is 2.22. The zero-order chi connectivity index (χ0) is 23.6. The van der Waals surface area contributed by atoms with E-state index >= 15 is 0 Å². The van der Waals surface area contributed by atoms with Gasteiger partial charge in [0.15, 0.2) is 0 Å². The Morgan fingerprint density at radius 3 is 1.82 bits per heavy atom. The standard InChI is InChI=1S/C29H46N2O2/c1-4-6-7-8-9-10-11-12-13-14-15-16-23-32-27-19-17-26(18-20-27)28-21-22-29(31-30-28)33-24-25(3)5-2/h17-22,25H,4-16,23-24H2,1-3H3. The van der Waals surface area contributed by atoms with Crippen LogP contribution in [0.4, 0.5) is 0 Å². The molecule has 0 saturated carbocycles. The summed E-state index contributed by atoms with van der Waals surface area (Å²) in [7, 11) is 0. The van der Waals surface area contributed by atoms with Gasteiger partial charge in [-0.05, 0) is 42.7 Å². The van der Waals surface area contributed by atoms with E-state index in [-0.39, 0.29) is 0 Å². The largest absolute Gasteiger partial charge is 0.494 e. The van der Waals surface area contributed by atoms with Gasteiger partial charge < -0.3 is 9.47 Å². The molecule has 1 aromatic heterocycles. The summed E-state index contributed by atoms with van der Waals surface area (Å²) < 4.78 is 11.6. The van der Waals surface area contributed by atoms with Gasteiger partial charge in [-0.15, -0.1) is 10.2 Å². The Kier molecular flexibility index (Phi) is 14.3. The molecule has 4 nitrogen and oxygen atoms in total. The number of unbranched alkanes of at least 4 members (excludes halogenated alkanes) is 11. The molecule has 0 aliphatic rings. The molecule has 4 heteroatoms. The van der Waals surface area contributed by atoms with E-state index in [1.807, 2.05) is 36.4 Å². The van der Waals surface area contributed by atoms with E-state index in [9.17, 15) is 0 Å². The van der Waals surface area contributed by atoms with E-state index in [1.54, 1.807) is 0 Å². The van der Waals surface area contributed by atoms with Crippen LogP contribution in [0.5, 0.6) is 11.6 Å². The van der Waals surface area contributed by atoms with Crippen molar-refractivity contribution in [3.8, 4) is 22.9 Å². The molecular formula is C29H46N2O2. The third kappa shape index (κ3) is 12.1. The van der Waals surface area contributed by atoms with Gasteiger partial charge >= 0.3 is 0 Å². The molecule has 0 saturated heterocycles. The van der Waals surface area contributed by atoms with Crippen LogP contribution in [0.2, 0.25) is 0 Å². The number of aromatic nitrogens is 2. The summed E-state index contributed by atoms with van der Waals surface area (Å²) in [6.45, 7) is 8.08. The van der Waals surface area contributed by atoms with E-state index in [4.69, 9.17) is 9.47 Å². The van der Waals surface area contributed by atoms with Crippen LogP contribution in [0.3, 0.4) is 0 Å². The van der Waals surface area contributed by atoms with E-state index < -0.39 is 0 Å². The van der Waals surface area contributed by atoms with Crippen molar-refractivity contribution in [2.24, 2.45) is 5.92 Å². The second kappa shape index (κ2) is 17.4. The summed E-state index contributed by atoms with van der Waals surface area (Å²) in [5.41, 5.74) is 1.88. The molecule has 0 N–H and O–H groups in total. The SMILES string of the molecule is CCCCCCCCCCCCCCOc1ccc(-c2ccc(OCC(C)CC)nn2)cc1. The molecular weight excluding hydrogens is 408 g/mol. The lowest BCUT2D eigenvalue weighted by Crippen LogP contribution is -2.08. The van der Waals surface area contributed by atoms with Gasteiger partial charge in [0, 0.05) is 11.6 Å². The van der Waals surface area contributed by atoms with Crippen LogP contribution in [-0.4, -0.2) is 23.4 Å². The summed E-state index contributed by atoms with van der Waals surface area (Å²) >= 11 is 0. The normalized spacial score (nSPS) is 12.0. The Morgan fingerprint density at radius 1 is 0.667 bits per heavy atom. The van der Waals surface area contributed by atoms with Crippen LogP contribution in [0, 0.1) is 5.92 Å². The summed E-state index contributed by atoms with van der Waals surface area (Å²) in [6, 6.07) is 12.0. The summed E-state index contributed by atoms with van der Waals surface area (Å²) in [6.07, 6.45) is 17.4. The topological polar surface area (TPSA) is 44.2 Å². The number of ether oxygens (including phenoxy) is 2. The summed E-state index contributed by atoms with van der Waals surface area (Å²) in [5, 5.41) is 8.50. The molecule has 0 amide bonds. The average molecular weight is 455 g/mol. The van der Waals surface area contributed by atoms with Gasteiger partial charge in [-0.25, -0.2) is 0 Å². The number of hydrogen-bond acceptors (Lipinski definition) is 4. The quantitative estimate of drug-likeness (QED) is 0.199. The first-order valence-corrected chi connectivity index (χ1v) is 13.4. The van der Waals surface area contributed by atoms with Crippen molar-refractivity contribution < 1.29 is 9.47 Å². The molecule has 1 aromatic carbocycles. The van der Waals surface area contributed by atoms with Gasteiger partial charge in [-0.3, -0.25) is 0 Å². The minimum absolute atomic E-state index is 0.522. The minimum Gasteiger partial charge on any atom is -0.494 e. The van der Waals surface area contributed by atoms with Crippen LogP contribution < -0.4 is 9.47 Å². The van der Waals surface area contributed by atoms with Gasteiger partial charge in [0.1, 0.15) is 5.75 Å². The zero-order valence-electron chi connectivity index (χ0n) is 21.4. The van der Waals surface area contributed by atoms with Crippen molar-refractivity contribution >= 4 is 0 Å². The number of rotatable bonds is 19. The first-order valence-electron chi connectivity index (χ1n) is 13.4. The molecule has 1 heterocycles. The molecule has 0 aliphatic heterocycles. The third-order valence-corrected chi connectivity index (χ3v) is 6.27. The lowest BCUT2D eigenvalue weighted by molar-refractivity contribution is 0.245. The Labute approximate surface area is 202 Å². The van der Waals surface area contributed by atoms with E-state index in [0.29, 0.717) is 18.4 Å². The zero-order valence-corrected chi connectivity index (χ0v) is 21.4. The molecule has 0 bridgehead atoms. The Morgan fingerprint density at radius 2 is 1.27 bits per heavy atom. The fourth-order valence-electron chi connectivity index (χ4n) is 3.75. The Bertz CT molecular complexity index is 715. The van der Waals surface area contributed by atoms with Gasteiger partial charge in [0.05, 0.1) is 18.9 Å². The van der Waals surface area contributed by atoms with Crippen LogP contribution >= 0.6 is 0 Å². The fourth-order valence-corrected chi connectivity index (χ4v) is 3.75. The van der Waals surface area contributed by atoms with Crippen molar-refractivity contribution in [1.29, 1.82) is 0 Å². The lowest BCUT2D eigenvalue weighted by atomic mass is 10.1. The van der Waals surface area contributed by atoms with Crippen molar-refractivity contribution in [3.63, 3.8) is 0 Å². The first-order chi connectivity index (χ1) is 16.2. The van der Waals surface area contributed by atoms with Crippen LogP contribution in [0.15, 0.2) is 36.4 Å². The van der Waals surface area contributed by atoms with Crippen molar-refractivity contribution in [2.45, 2.75) is 104 Å².